The summed E-state index contributed by atoms with van der Waals surface area (Å²) in [6, 6.07) is 0. The van der Waals surface area contributed by atoms with Gasteiger partial charge in [-0.2, -0.15) is 0 Å². The van der Waals surface area contributed by atoms with Crippen LogP contribution in [0.2, 0.25) is 0 Å². The second-order valence-corrected chi connectivity index (χ2v) is 6.02. The molecule has 0 heterocycles. The molecule has 0 saturated heterocycles. The van der Waals surface area contributed by atoms with Gasteiger partial charge in [0.05, 0.1) is 0 Å². The fraction of sp³-hybridized carbons (Fsp3) is 0.882. The lowest BCUT2D eigenvalue weighted by molar-refractivity contribution is -0.125. The second kappa shape index (κ2) is 12.3. The summed E-state index contributed by atoms with van der Waals surface area (Å²) in [6.07, 6.45) is 9.36. The Morgan fingerprint density at radius 1 is 1.00 bits per heavy atom. The minimum Gasteiger partial charge on any atom is -0.357 e. The van der Waals surface area contributed by atoms with Crippen molar-refractivity contribution >= 4 is 11.9 Å². The van der Waals surface area contributed by atoms with Gasteiger partial charge in [-0.3, -0.25) is 9.79 Å². The van der Waals surface area contributed by atoms with Crippen LogP contribution in [0.5, 0.6) is 0 Å². The van der Waals surface area contributed by atoms with Crippen LogP contribution in [0.3, 0.4) is 0 Å². The highest BCUT2D eigenvalue weighted by Gasteiger charge is 2.20. The highest BCUT2D eigenvalue weighted by molar-refractivity contribution is 5.80. The van der Waals surface area contributed by atoms with E-state index in [0.717, 1.165) is 44.9 Å². The molecule has 1 aliphatic carbocycles. The fourth-order valence-electron chi connectivity index (χ4n) is 2.77. The third-order valence-electron chi connectivity index (χ3n) is 4.07. The molecule has 0 aliphatic heterocycles. The van der Waals surface area contributed by atoms with E-state index in [4.69, 9.17) is 0 Å². The van der Waals surface area contributed by atoms with Crippen LogP contribution in [0.4, 0.5) is 0 Å². The van der Waals surface area contributed by atoms with Gasteiger partial charge in [-0.1, -0.05) is 39.0 Å². The predicted octanol–water partition coefficient (Wildman–Crippen LogP) is 2.43. The van der Waals surface area contributed by atoms with E-state index in [1.54, 1.807) is 0 Å². The van der Waals surface area contributed by atoms with E-state index in [9.17, 15) is 4.79 Å². The Kier molecular flexibility index (Phi) is 10.5. The Hall–Kier alpha value is -1.26. The van der Waals surface area contributed by atoms with Gasteiger partial charge in [-0.05, 0) is 26.2 Å². The van der Waals surface area contributed by atoms with Crippen LogP contribution in [0, 0.1) is 5.92 Å². The molecule has 0 unspecified atom stereocenters. The first-order valence-electron chi connectivity index (χ1n) is 9.07. The number of nitrogens with zero attached hydrogens (tertiary/aromatic N) is 1. The Bertz CT molecular complexity index is 325. The van der Waals surface area contributed by atoms with Crippen molar-refractivity contribution in [3.8, 4) is 0 Å². The van der Waals surface area contributed by atoms with Crippen LogP contribution in [-0.2, 0) is 4.79 Å². The maximum Gasteiger partial charge on any atom is 0.223 e. The molecule has 1 fully saturated rings. The average molecular weight is 310 g/mol. The van der Waals surface area contributed by atoms with Crippen molar-refractivity contribution in [3.63, 3.8) is 0 Å². The molecule has 0 spiro atoms. The van der Waals surface area contributed by atoms with Gasteiger partial charge in [0.15, 0.2) is 5.96 Å². The van der Waals surface area contributed by atoms with Crippen LogP contribution < -0.4 is 16.0 Å². The van der Waals surface area contributed by atoms with E-state index in [1.807, 2.05) is 0 Å². The Morgan fingerprint density at radius 2 is 1.73 bits per heavy atom. The standard InChI is InChI=1S/C17H34N4O/c1-3-5-9-12-20-17(18-4-2)21-14-13-19-16(22)15-10-7-6-8-11-15/h15H,3-14H2,1-2H3,(H,19,22)(H2,18,20,21). The molecule has 1 saturated carbocycles. The van der Waals surface area contributed by atoms with Crippen LogP contribution in [0.15, 0.2) is 4.99 Å². The maximum atomic E-state index is 12.0. The SMILES string of the molecule is CCCCCN=C(NCC)NCCNC(=O)C1CCCCC1. The summed E-state index contributed by atoms with van der Waals surface area (Å²) in [7, 11) is 0. The number of amides is 1. The second-order valence-electron chi connectivity index (χ2n) is 6.02. The van der Waals surface area contributed by atoms with E-state index < -0.39 is 0 Å². The summed E-state index contributed by atoms with van der Waals surface area (Å²) in [4.78, 5) is 16.6. The molecule has 0 bridgehead atoms. The van der Waals surface area contributed by atoms with Crippen molar-refractivity contribution in [3.05, 3.63) is 0 Å². The van der Waals surface area contributed by atoms with E-state index in [2.05, 4.69) is 34.8 Å². The van der Waals surface area contributed by atoms with Gasteiger partial charge < -0.3 is 16.0 Å². The molecule has 5 heteroatoms. The van der Waals surface area contributed by atoms with E-state index in [0.29, 0.717) is 6.54 Å². The highest BCUT2D eigenvalue weighted by Crippen LogP contribution is 2.23. The lowest BCUT2D eigenvalue weighted by Crippen LogP contribution is -2.42. The molecule has 0 radical (unpaired) electrons. The molecular formula is C17H34N4O. The average Bonchev–Trinajstić information content (AvgIpc) is 2.56. The molecule has 0 aromatic heterocycles. The first-order chi connectivity index (χ1) is 10.8. The van der Waals surface area contributed by atoms with Crippen molar-refractivity contribution < 1.29 is 4.79 Å². The number of nitrogens with one attached hydrogen (secondary N) is 3. The zero-order valence-electron chi connectivity index (χ0n) is 14.4. The molecule has 1 rings (SSSR count). The third-order valence-corrected chi connectivity index (χ3v) is 4.07. The molecular weight excluding hydrogens is 276 g/mol. The van der Waals surface area contributed by atoms with Crippen molar-refractivity contribution in [1.82, 2.24) is 16.0 Å². The van der Waals surface area contributed by atoms with Gasteiger partial charge in [-0.15, -0.1) is 0 Å². The molecule has 1 aliphatic rings. The third kappa shape index (κ3) is 8.25. The summed E-state index contributed by atoms with van der Waals surface area (Å²) in [6.45, 7) is 7.36. The lowest BCUT2D eigenvalue weighted by Gasteiger charge is -2.21. The summed E-state index contributed by atoms with van der Waals surface area (Å²) in [5.74, 6) is 1.32. The molecule has 3 N–H and O–H groups in total. The van der Waals surface area contributed by atoms with Crippen molar-refractivity contribution in [2.75, 3.05) is 26.2 Å². The number of rotatable bonds is 9. The monoisotopic (exact) mass is 310 g/mol. The minimum atomic E-state index is 0.228. The number of carbonyl (C=O) groups excluding carboxylic acids is 1. The minimum absolute atomic E-state index is 0.228. The smallest absolute Gasteiger partial charge is 0.223 e. The zero-order chi connectivity index (χ0) is 16.0. The zero-order valence-corrected chi connectivity index (χ0v) is 14.4. The normalized spacial score (nSPS) is 16.4. The van der Waals surface area contributed by atoms with Gasteiger partial charge in [-0.25, -0.2) is 0 Å². The molecule has 0 atom stereocenters. The first kappa shape index (κ1) is 18.8. The van der Waals surface area contributed by atoms with Crippen LogP contribution in [0.25, 0.3) is 0 Å². The van der Waals surface area contributed by atoms with E-state index in [1.165, 1.54) is 32.1 Å². The number of unbranched alkanes of at least 4 members (excludes halogenated alkanes) is 2. The number of hydrogen-bond donors (Lipinski definition) is 3. The van der Waals surface area contributed by atoms with Crippen LogP contribution in [0.1, 0.15) is 65.2 Å². The number of guanidine groups is 1. The quantitative estimate of drug-likeness (QED) is 0.348. The largest absolute Gasteiger partial charge is 0.357 e. The van der Waals surface area contributed by atoms with Crippen molar-refractivity contribution in [2.24, 2.45) is 10.9 Å². The number of carbonyl (C=O) groups is 1. The summed E-state index contributed by atoms with van der Waals surface area (Å²) < 4.78 is 0. The topological polar surface area (TPSA) is 65.5 Å². The molecule has 5 nitrogen and oxygen atoms in total. The van der Waals surface area contributed by atoms with Gasteiger partial charge in [0.25, 0.3) is 0 Å². The van der Waals surface area contributed by atoms with E-state index >= 15 is 0 Å². The van der Waals surface area contributed by atoms with Crippen molar-refractivity contribution in [1.29, 1.82) is 0 Å². The fourth-order valence-corrected chi connectivity index (χ4v) is 2.77. The number of aliphatic imine (C=N–C) groups is 1. The highest BCUT2D eigenvalue weighted by atomic mass is 16.1. The summed E-state index contributed by atoms with van der Waals surface area (Å²) >= 11 is 0. The molecule has 1 amide bonds. The molecule has 0 aromatic rings. The van der Waals surface area contributed by atoms with E-state index in [-0.39, 0.29) is 11.8 Å². The maximum absolute atomic E-state index is 12.0. The molecule has 0 aromatic carbocycles. The summed E-state index contributed by atoms with van der Waals surface area (Å²) in [5, 5.41) is 9.56. The van der Waals surface area contributed by atoms with Gasteiger partial charge in [0.1, 0.15) is 0 Å². The number of hydrogen-bond acceptors (Lipinski definition) is 2. The molecule has 128 valence electrons. The first-order valence-corrected chi connectivity index (χ1v) is 9.07. The summed E-state index contributed by atoms with van der Waals surface area (Å²) in [5.41, 5.74) is 0. The Balaban J connectivity index is 2.17. The van der Waals surface area contributed by atoms with Crippen molar-refractivity contribution in [2.45, 2.75) is 65.2 Å². The molecule has 22 heavy (non-hydrogen) atoms. The van der Waals surface area contributed by atoms with Gasteiger partial charge in [0.2, 0.25) is 5.91 Å². The van der Waals surface area contributed by atoms with Gasteiger partial charge >= 0.3 is 0 Å². The van der Waals surface area contributed by atoms with Crippen LogP contribution in [-0.4, -0.2) is 38.0 Å². The Labute approximate surface area is 135 Å². The van der Waals surface area contributed by atoms with Crippen LogP contribution >= 0.6 is 0 Å². The Morgan fingerprint density at radius 3 is 2.41 bits per heavy atom. The predicted molar refractivity (Wildman–Crippen MR) is 93.1 cm³/mol. The lowest BCUT2D eigenvalue weighted by atomic mass is 9.89. The van der Waals surface area contributed by atoms with Gasteiger partial charge in [0, 0.05) is 32.1 Å².